The quantitative estimate of drug-likeness (QED) is 0.456. The van der Waals surface area contributed by atoms with Gasteiger partial charge in [-0.2, -0.15) is 11.3 Å². The molecule has 0 N–H and O–H groups in total. The maximum absolute atomic E-state index is 5.66. The van der Waals surface area contributed by atoms with Crippen molar-refractivity contribution in [3.8, 4) is 0 Å². The fourth-order valence-electron chi connectivity index (χ4n) is 6.14. The Balaban J connectivity index is 2.03. The molecule has 1 radical (unpaired) electrons. The highest BCUT2D eigenvalue weighted by Crippen LogP contribution is 2.79. The van der Waals surface area contributed by atoms with Crippen LogP contribution in [0.15, 0.2) is 64.1 Å². The van der Waals surface area contributed by atoms with Gasteiger partial charge in [-0.05, 0) is 84.7 Å². The summed E-state index contributed by atoms with van der Waals surface area (Å²) >= 11 is 1.81. The lowest BCUT2D eigenvalue weighted by Gasteiger charge is -2.71. The molecule has 1 nitrogen and oxygen atoms in total. The molecular weight excluding hydrogens is 348 g/mol. The lowest BCUT2D eigenvalue weighted by Crippen LogP contribution is -2.69. The van der Waals surface area contributed by atoms with E-state index in [1.54, 1.807) is 5.92 Å². The van der Waals surface area contributed by atoms with Crippen LogP contribution >= 0.6 is 11.3 Å². The molecular formula is C25H31OS. The summed E-state index contributed by atoms with van der Waals surface area (Å²) in [4.78, 5) is 0. The number of hydrogen-bond donors (Lipinski definition) is 0. The molecule has 2 aromatic heterocycles. The van der Waals surface area contributed by atoms with Gasteiger partial charge < -0.3 is 4.42 Å². The molecule has 0 aliphatic heterocycles. The van der Waals surface area contributed by atoms with Crippen molar-refractivity contribution in [2.75, 3.05) is 0 Å². The Labute approximate surface area is 168 Å². The highest BCUT2D eigenvalue weighted by molar-refractivity contribution is 7.08. The second-order valence-corrected chi connectivity index (χ2v) is 9.69. The van der Waals surface area contributed by atoms with Crippen LogP contribution in [0.5, 0.6) is 0 Å². The summed E-state index contributed by atoms with van der Waals surface area (Å²) in [5.41, 5.74) is 4.29. The van der Waals surface area contributed by atoms with Crippen molar-refractivity contribution < 1.29 is 4.42 Å². The molecule has 0 saturated heterocycles. The molecule has 0 bridgehead atoms. The fourth-order valence-corrected chi connectivity index (χ4v) is 6.84. The van der Waals surface area contributed by atoms with E-state index in [4.69, 9.17) is 4.42 Å². The van der Waals surface area contributed by atoms with E-state index in [0.717, 1.165) is 12.3 Å². The van der Waals surface area contributed by atoms with Gasteiger partial charge in [-0.3, -0.25) is 0 Å². The number of furan rings is 1. The fraction of sp³-hybridized carbons (Fsp3) is 0.480. The normalized spacial score (nSPS) is 30.9. The van der Waals surface area contributed by atoms with E-state index in [1.807, 2.05) is 23.9 Å². The zero-order chi connectivity index (χ0) is 19.2. The van der Waals surface area contributed by atoms with Crippen LogP contribution in [0.3, 0.4) is 0 Å². The summed E-state index contributed by atoms with van der Waals surface area (Å²) in [6.07, 6.45) is 12.3. The number of thiophene rings is 1. The monoisotopic (exact) mass is 379 g/mol. The minimum atomic E-state index is -0.0693. The van der Waals surface area contributed by atoms with Crippen LogP contribution in [0, 0.1) is 29.1 Å². The van der Waals surface area contributed by atoms with Crippen LogP contribution in [0.2, 0.25) is 0 Å². The van der Waals surface area contributed by atoms with E-state index in [-0.39, 0.29) is 10.8 Å². The molecule has 143 valence electrons. The van der Waals surface area contributed by atoms with Gasteiger partial charge in [0.25, 0.3) is 0 Å². The predicted molar refractivity (Wildman–Crippen MR) is 115 cm³/mol. The largest absolute Gasteiger partial charge is 0.472 e. The summed E-state index contributed by atoms with van der Waals surface area (Å²) < 4.78 is 5.66. The Morgan fingerprint density at radius 2 is 2.07 bits per heavy atom. The summed E-state index contributed by atoms with van der Waals surface area (Å²) in [6, 6.07) is 4.55. The van der Waals surface area contributed by atoms with E-state index < -0.39 is 0 Å². The van der Waals surface area contributed by atoms with Gasteiger partial charge in [0.1, 0.15) is 0 Å². The Morgan fingerprint density at radius 1 is 1.30 bits per heavy atom. The first-order valence-electron chi connectivity index (χ1n) is 10.2. The van der Waals surface area contributed by atoms with Crippen LogP contribution in [-0.4, -0.2) is 0 Å². The van der Waals surface area contributed by atoms with E-state index in [1.165, 1.54) is 29.5 Å². The Bertz CT molecular complexity index is 768. The van der Waals surface area contributed by atoms with E-state index in [2.05, 4.69) is 69.3 Å². The maximum Gasteiger partial charge on any atom is 0.0944 e. The van der Waals surface area contributed by atoms with Gasteiger partial charge in [0.15, 0.2) is 0 Å². The van der Waals surface area contributed by atoms with Crippen molar-refractivity contribution in [2.24, 2.45) is 23.2 Å². The SMILES string of the molecule is C=CCC1(C2CC2)C(C=C(C)C)[C](C(C)C)C1(c1ccoc1)c1ccsc1. The predicted octanol–water partition coefficient (Wildman–Crippen LogP) is 7.43. The molecule has 3 atom stereocenters. The maximum atomic E-state index is 5.66. The Morgan fingerprint density at radius 3 is 2.56 bits per heavy atom. The topological polar surface area (TPSA) is 13.1 Å². The average molecular weight is 380 g/mol. The van der Waals surface area contributed by atoms with Crippen LogP contribution in [0.1, 0.15) is 58.1 Å². The van der Waals surface area contributed by atoms with Gasteiger partial charge >= 0.3 is 0 Å². The minimum Gasteiger partial charge on any atom is -0.472 e. The van der Waals surface area contributed by atoms with Crippen LogP contribution < -0.4 is 0 Å². The highest BCUT2D eigenvalue weighted by Gasteiger charge is 2.75. The number of hydrogen-bond acceptors (Lipinski definition) is 2. The first-order chi connectivity index (χ1) is 13.0. The molecule has 3 unspecified atom stereocenters. The van der Waals surface area contributed by atoms with Crippen LogP contribution in [-0.2, 0) is 5.41 Å². The first-order valence-corrected chi connectivity index (χ1v) is 11.1. The number of rotatable bonds is 7. The van der Waals surface area contributed by atoms with Gasteiger partial charge in [-0.15, -0.1) is 6.58 Å². The molecule has 2 aliphatic rings. The van der Waals surface area contributed by atoms with Crippen molar-refractivity contribution >= 4 is 11.3 Å². The molecule has 2 saturated carbocycles. The second kappa shape index (κ2) is 6.81. The highest BCUT2D eigenvalue weighted by atomic mass is 32.1. The summed E-state index contributed by atoms with van der Waals surface area (Å²) in [7, 11) is 0. The van der Waals surface area contributed by atoms with Crippen molar-refractivity contribution in [1.82, 2.24) is 0 Å². The molecule has 4 rings (SSSR count). The molecule has 2 aliphatic carbocycles. The van der Waals surface area contributed by atoms with E-state index >= 15 is 0 Å². The van der Waals surface area contributed by atoms with Gasteiger partial charge in [0.2, 0.25) is 0 Å². The molecule has 0 spiro atoms. The third-order valence-corrected chi connectivity index (χ3v) is 7.52. The summed E-state index contributed by atoms with van der Waals surface area (Å²) in [5, 5.41) is 4.60. The summed E-state index contributed by atoms with van der Waals surface area (Å²) in [6.45, 7) is 13.4. The Kier molecular flexibility index (Phi) is 4.74. The number of allylic oxidation sites excluding steroid dienone is 3. The van der Waals surface area contributed by atoms with Crippen molar-refractivity contribution in [3.05, 3.63) is 76.8 Å². The lowest BCUT2D eigenvalue weighted by atomic mass is 9.31. The third-order valence-electron chi connectivity index (χ3n) is 6.84. The summed E-state index contributed by atoms with van der Waals surface area (Å²) in [5.74, 6) is 3.41. The molecule has 27 heavy (non-hydrogen) atoms. The smallest absolute Gasteiger partial charge is 0.0944 e. The van der Waals surface area contributed by atoms with Gasteiger partial charge in [0, 0.05) is 16.9 Å². The van der Waals surface area contributed by atoms with E-state index in [9.17, 15) is 0 Å². The minimum absolute atomic E-state index is 0.0693. The Hall–Kier alpha value is -1.54. The van der Waals surface area contributed by atoms with Crippen molar-refractivity contribution in [3.63, 3.8) is 0 Å². The lowest BCUT2D eigenvalue weighted by molar-refractivity contribution is -0.0387. The van der Waals surface area contributed by atoms with Crippen molar-refractivity contribution in [1.29, 1.82) is 0 Å². The average Bonchev–Trinajstić information content (AvgIpc) is 3.10. The van der Waals surface area contributed by atoms with Gasteiger partial charge in [-0.25, -0.2) is 0 Å². The van der Waals surface area contributed by atoms with Crippen molar-refractivity contribution in [2.45, 2.75) is 52.4 Å². The van der Waals surface area contributed by atoms with Crippen LogP contribution in [0.4, 0.5) is 0 Å². The van der Waals surface area contributed by atoms with Gasteiger partial charge in [0.05, 0.1) is 12.5 Å². The molecule has 2 aromatic rings. The molecule has 2 fully saturated rings. The van der Waals surface area contributed by atoms with Gasteiger partial charge in [-0.1, -0.05) is 31.6 Å². The van der Waals surface area contributed by atoms with Crippen LogP contribution in [0.25, 0.3) is 0 Å². The first kappa shape index (κ1) is 18.8. The molecule has 0 amide bonds. The standard InChI is InChI=1S/C25H31OS/c1-6-11-24(19-7-8-19)22(14-17(2)3)23(18(4)5)25(24,20-9-12-26-15-20)21-10-13-27-16-21/h6,9-10,12-16,18-19,22H,1,7-8,11H2,2-5H3. The third kappa shape index (κ3) is 2.49. The molecule has 2 heteroatoms. The zero-order valence-corrected chi connectivity index (χ0v) is 17.8. The molecule has 2 heterocycles. The second-order valence-electron chi connectivity index (χ2n) is 8.91. The molecule has 0 aromatic carbocycles. The van der Waals surface area contributed by atoms with E-state index in [0.29, 0.717) is 11.8 Å². The zero-order valence-electron chi connectivity index (χ0n) is 17.0.